The number of hydrogen-bond donors (Lipinski definition) is 1. The third-order valence-electron chi connectivity index (χ3n) is 4.30. The molecule has 2 heterocycles. The van der Waals surface area contributed by atoms with Crippen LogP contribution in [-0.2, 0) is 23.4 Å². The van der Waals surface area contributed by atoms with Gasteiger partial charge in [0.05, 0.1) is 5.75 Å². The van der Waals surface area contributed by atoms with Gasteiger partial charge in [0.15, 0.2) is 11.0 Å². The highest BCUT2D eigenvalue weighted by Gasteiger charge is 2.16. The maximum Gasteiger partial charge on any atom is 0.236 e. The minimum atomic E-state index is -0.154. The largest absolute Gasteiger partial charge is 0.486 e. The summed E-state index contributed by atoms with van der Waals surface area (Å²) in [4.78, 5) is 12.1. The normalized spacial score (nSPS) is 11.5. The number of amides is 1. The van der Waals surface area contributed by atoms with Gasteiger partial charge in [-0.05, 0) is 37.0 Å². The number of nitrogens with one attached hydrogen (secondary N) is 1. The molecule has 0 saturated heterocycles. The van der Waals surface area contributed by atoms with Crippen LogP contribution in [0.5, 0.6) is 5.75 Å². The van der Waals surface area contributed by atoms with Crippen LogP contribution in [0.25, 0.3) is 0 Å². The van der Waals surface area contributed by atoms with Crippen molar-refractivity contribution in [3.05, 3.63) is 40.7 Å². The summed E-state index contributed by atoms with van der Waals surface area (Å²) in [5.41, 5.74) is 1.36. The number of aryl methyl sites for hydroxylation is 1. The molecule has 10 heteroatoms. The van der Waals surface area contributed by atoms with Crippen LogP contribution in [0.15, 0.2) is 29.4 Å². The third-order valence-corrected chi connectivity index (χ3v) is 6.02. The van der Waals surface area contributed by atoms with Crippen molar-refractivity contribution >= 4 is 34.1 Å². The molecule has 1 amide bonds. The molecule has 2 aromatic heterocycles. The average molecular weight is 447 g/mol. The summed E-state index contributed by atoms with van der Waals surface area (Å²) in [5, 5.41) is 21.0. The van der Waals surface area contributed by atoms with E-state index in [1.54, 1.807) is 0 Å². The molecule has 0 spiro atoms. The van der Waals surface area contributed by atoms with E-state index in [1.807, 2.05) is 30.5 Å². The predicted molar refractivity (Wildman–Crippen MR) is 119 cm³/mol. The van der Waals surface area contributed by atoms with E-state index in [9.17, 15) is 4.79 Å². The van der Waals surface area contributed by atoms with Crippen LogP contribution in [0, 0.1) is 6.92 Å². The van der Waals surface area contributed by atoms with E-state index < -0.39 is 0 Å². The van der Waals surface area contributed by atoms with Crippen LogP contribution in [-0.4, -0.2) is 36.6 Å². The van der Waals surface area contributed by atoms with Crippen LogP contribution >= 0.6 is 23.1 Å². The molecule has 0 radical (unpaired) electrons. The van der Waals surface area contributed by atoms with Crippen LogP contribution in [0.1, 0.15) is 44.1 Å². The van der Waals surface area contributed by atoms with Crippen molar-refractivity contribution in [1.82, 2.24) is 25.0 Å². The van der Waals surface area contributed by atoms with E-state index in [-0.39, 0.29) is 17.1 Å². The predicted octanol–water partition coefficient (Wildman–Crippen LogP) is 4.07. The highest BCUT2D eigenvalue weighted by atomic mass is 32.2. The zero-order valence-electron chi connectivity index (χ0n) is 17.8. The highest BCUT2D eigenvalue weighted by Crippen LogP contribution is 2.25. The van der Waals surface area contributed by atoms with Crippen LogP contribution in [0.2, 0.25) is 0 Å². The molecule has 1 aromatic carbocycles. The molecule has 160 valence electrons. The summed E-state index contributed by atoms with van der Waals surface area (Å²) < 4.78 is 7.85. The summed E-state index contributed by atoms with van der Waals surface area (Å²) >= 11 is 2.67. The van der Waals surface area contributed by atoms with E-state index in [0.29, 0.717) is 23.4 Å². The molecule has 0 atom stereocenters. The van der Waals surface area contributed by atoms with Crippen molar-refractivity contribution in [2.75, 3.05) is 11.1 Å². The first-order chi connectivity index (χ1) is 14.3. The molecule has 0 bridgehead atoms. The lowest BCUT2D eigenvalue weighted by Gasteiger charge is -2.19. The van der Waals surface area contributed by atoms with E-state index in [2.05, 4.69) is 58.6 Å². The minimum Gasteiger partial charge on any atom is -0.486 e. The maximum atomic E-state index is 12.1. The summed E-state index contributed by atoms with van der Waals surface area (Å²) in [6.45, 7) is 11.4. The Morgan fingerprint density at radius 1 is 1.17 bits per heavy atom. The molecule has 0 fully saturated rings. The topological polar surface area (TPSA) is 94.8 Å². The fourth-order valence-corrected chi connectivity index (χ4v) is 4.11. The number of carbonyl (C=O) groups excluding carboxylic acids is 1. The summed E-state index contributed by atoms with van der Waals surface area (Å²) in [6.07, 6.45) is 0. The van der Waals surface area contributed by atoms with Gasteiger partial charge in [0.2, 0.25) is 11.0 Å². The van der Waals surface area contributed by atoms with Crippen molar-refractivity contribution in [3.63, 3.8) is 0 Å². The Morgan fingerprint density at radius 2 is 1.90 bits per heavy atom. The van der Waals surface area contributed by atoms with E-state index in [1.165, 1.54) is 28.7 Å². The van der Waals surface area contributed by atoms with Crippen molar-refractivity contribution in [2.45, 2.75) is 58.3 Å². The van der Waals surface area contributed by atoms with Gasteiger partial charge in [0, 0.05) is 6.54 Å². The first-order valence-corrected chi connectivity index (χ1v) is 11.4. The lowest BCUT2D eigenvalue weighted by Crippen LogP contribution is -2.14. The molecule has 3 rings (SSSR count). The Balaban J connectivity index is 1.56. The number of carbonyl (C=O) groups is 1. The first-order valence-electron chi connectivity index (χ1n) is 9.64. The monoisotopic (exact) mass is 446 g/mol. The van der Waals surface area contributed by atoms with Gasteiger partial charge in [-0.2, -0.15) is 0 Å². The van der Waals surface area contributed by atoms with Gasteiger partial charge in [0.1, 0.15) is 17.4 Å². The lowest BCUT2D eigenvalue weighted by atomic mass is 9.87. The van der Waals surface area contributed by atoms with Crippen LogP contribution in [0.3, 0.4) is 0 Å². The fourth-order valence-electron chi connectivity index (χ4n) is 2.68. The highest BCUT2D eigenvalue weighted by molar-refractivity contribution is 7.99. The average Bonchev–Trinajstić information content (AvgIpc) is 3.29. The maximum absolute atomic E-state index is 12.1. The fraction of sp³-hybridized carbons (Fsp3) is 0.450. The summed E-state index contributed by atoms with van der Waals surface area (Å²) in [6, 6.07) is 8.11. The zero-order chi connectivity index (χ0) is 21.7. The Hall–Kier alpha value is -2.46. The number of anilines is 1. The molecule has 0 unspecified atom stereocenters. The van der Waals surface area contributed by atoms with Crippen LogP contribution in [0.4, 0.5) is 5.13 Å². The SMILES string of the molecule is CCn1c(COc2ccc(C(C)(C)C)cc2)nnc1SCC(=O)Nc1nnc(C)s1. The van der Waals surface area contributed by atoms with Gasteiger partial charge in [-0.15, -0.1) is 20.4 Å². The number of nitrogens with zero attached hydrogens (tertiary/aromatic N) is 5. The second-order valence-corrected chi connectivity index (χ2v) is 9.79. The number of thioether (sulfide) groups is 1. The molecular weight excluding hydrogens is 420 g/mol. The minimum absolute atomic E-state index is 0.105. The molecule has 8 nitrogen and oxygen atoms in total. The molecule has 0 aliphatic heterocycles. The number of ether oxygens (including phenoxy) is 1. The van der Waals surface area contributed by atoms with Gasteiger partial charge in [0.25, 0.3) is 0 Å². The Morgan fingerprint density at radius 3 is 2.50 bits per heavy atom. The van der Waals surface area contributed by atoms with E-state index in [0.717, 1.165) is 16.6 Å². The summed E-state index contributed by atoms with van der Waals surface area (Å²) in [7, 11) is 0. The van der Waals surface area contributed by atoms with Gasteiger partial charge < -0.3 is 9.30 Å². The number of rotatable bonds is 8. The van der Waals surface area contributed by atoms with E-state index >= 15 is 0 Å². The van der Waals surface area contributed by atoms with Gasteiger partial charge in [-0.3, -0.25) is 10.1 Å². The Kier molecular flexibility index (Phi) is 7.09. The second kappa shape index (κ2) is 9.57. The van der Waals surface area contributed by atoms with Crippen molar-refractivity contribution in [1.29, 1.82) is 0 Å². The van der Waals surface area contributed by atoms with Crippen molar-refractivity contribution < 1.29 is 9.53 Å². The molecular formula is C20H26N6O2S2. The smallest absolute Gasteiger partial charge is 0.236 e. The Bertz CT molecular complexity index is 992. The Labute approximate surface area is 184 Å². The number of benzene rings is 1. The van der Waals surface area contributed by atoms with Crippen LogP contribution < -0.4 is 10.1 Å². The first kappa shape index (κ1) is 22.2. The number of hydrogen-bond acceptors (Lipinski definition) is 8. The molecule has 1 N–H and O–H groups in total. The van der Waals surface area contributed by atoms with Crippen molar-refractivity contribution in [3.8, 4) is 5.75 Å². The number of aromatic nitrogens is 5. The molecule has 3 aromatic rings. The molecule has 0 aliphatic carbocycles. The van der Waals surface area contributed by atoms with Crippen molar-refractivity contribution in [2.24, 2.45) is 0 Å². The molecule has 30 heavy (non-hydrogen) atoms. The van der Waals surface area contributed by atoms with Gasteiger partial charge in [-0.1, -0.05) is 56.0 Å². The molecule has 0 saturated carbocycles. The quantitative estimate of drug-likeness (QED) is 0.521. The van der Waals surface area contributed by atoms with Gasteiger partial charge in [-0.25, -0.2) is 0 Å². The summed E-state index contributed by atoms with van der Waals surface area (Å²) in [5.74, 6) is 1.57. The standard InChI is InChI=1S/C20H26N6O2S2/c1-6-26-16(11-28-15-9-7-14(8-10-15)20(3,4)5)23-25-19(26)29-12-17(27)21-18-24-22-13(2)30-18/h7-10H,6,11-12H2,1-5H3,(H,21,24,27). The lowest BCUT2D eigenvalue weighted by molar-refractivity contribution is -0.113. The van der Waals surface area contributed by atoms with Gasteiger partial charge >= 0.3 is 0 Å². The zero-order valence-corrected chi connectivity index (χ0v) is 19.4. The molecule has 0 aliphatic rings. The second-order valence-electron chi connectivity index (χ2n) is 7.67. The third kappa shape index (κ3) is 5.79. The van der Waals surface area contributed by atoms with E-state index in [4.69, 9.17) is 4.74 Å².